The van der Waals surface area contributed by atoms with Crippen LogP contribution in [0.4, 0.5) is 0 Å². The maximum absolute atomic E-state index is 9.96. The van der Waals surface area contributed by atoms with E-state index in [1.165, 1.54) is 0 Å². The minimum atomic E-state index is 0.267. The molecule has 3 heteroatoms. The third-order valence-electron chi connectivity index (χ3n) is 3.12. The van der Waals surface area contributed by atoms with Gasteiger partial charge in [0.2, 0.25) is 0 Å². The quantitative estimate of drug-likeness (QED) is 0.770. The molecule has 1 aromatic carbocycles. The fourth-order valence-corrected chi connectivity index (χ4v) is 2.48. The summed E-state index contributed by atoms with van der Waals surface area (Å²) >= 11 is 6.19. The Kier molecular flexibility index (Phi) is 2.89. The second-order valence-electron chi connectivity index (χ2n) is 4.21. The molecule has 2 rings (SSSR count). The van der Waals surface area contributed by atoms with E-state index < -0.39 is 0 Å². The van der Waals surface area contributed by atoms with E-state index in [0.717, 1.165) is 41.1 Å². The number of phenolic OH excluding ortho intramolecular Hbond substituents is 1. The van der Waals surface area contributed by atoms with Crippen LogP contribution in [0.2, 0.25) is 5.02 Å². The number of nitrogens with one attached hydrogen (secondary N) is 1. The van der Waals surface area contributed by atoms with E-state index in [1.807, 2.05) is 13.8 Å². The van der Waals surface area contributed by atoms with Crippen LogP contribution in [0, 0.1) is 13.8 Å². The standard InChI is InChI=1S/C12H16ClNO/c1-7-6-10(15)11(8(2)12(7)13)9-4-3-5-14-9/h6,9,14-15H,3-5H2,1-2H3. The molecule has 0 aromatic heterocycles. The third kappa shape index (κ3) is 1.84. The second kappa shape index (κ2) is 4.03. The molecule has 1 saturated heterocycles. The summed E-state index contributed by atoms with van der Waals surface area (Å²) in [5, 5.41) is 14.1. The van der Waals surface area contributed by atoms with Gasteiger partial charge in [-0.25, -0.2) is 0 Å². The summed E-state index contributed by atoms with van der Waals surface area (Å²) in [6.45, 7) is 4.92. The molecule has 0 aliphatic carbocycles. The SMILES string of the molecule is Cc1cc(O)c(C2CCCN2)c(C)c1Cl. The Morgan fingerprint density at radius 1 is 1.47 bits per heavy atom. The second-order valence-corrected chi connectivity index (χ2v) is 4.59. The lowest BCUT2D eigenvalue weighted by Crippen LogP contribution is -2.14. The normalized spacial score (nSPS) is 20.9. The number of benzene rings is 1. The number of halogens is 1. The summed E-state index contributed by atoms with van der Waals surface area (Å²) in [4.78, 5) is 0. The Morgan fingerprint density at radius 2 is 2.20 bits per heavy atom. The van der Waals surface area contributed by atoms with Crippen molar-refractivity contribution in [3.63, 3.8) is 0 Å². The summed E-state index contributed by atoms with van der Waals surface area (Å²) < 4.78 is 0. The molecule has 15 heavy (non-hydrogen) atoms. The highest BCUT2D eigenvalue weighted by Crippen LogP contribution is 2.37. The van der Waals surface area contributed by atoms with Crippen LogP contribution in [-0.2, 0) is 0 Å². The van der Waals surface area contributed by atoms with Gasteiger partial charge in [-0.3, -0.25) is 0 Å². The van der Waals surface area contributed by atoms with Gasteiger partial charge in [-0.15, -0.1) is 0 Å². The van der Waals surface area contributed by atoms with Crippen LogP contribution >= 0.6 is 11.6 Å². The van der Waals surface area contributed by atoms with Gasteiger partial charge in [0.05, 0.1) is 0 Å². The molecule has 0 saturated carbocycles. The minimum Gasteiger partial charge on any atom is -0.508 e. The Balaban J connectivity index is 2.50. The van der Waals surface area contributed by atoms with Gasteiger partial charge in [0, 0.05) is 16.6 Å². The van der Waals surface area contributed by atoms with E-state index in [9.17, 15) is 5.11 Å². The van der Waals surface area contributed by atoms with Gasteiger partial charge >= 0.3 is 0 Å². The van der Waals surface area contributed by atoms with E-state index in [1.54, 1.807) is 6.07 Å². The van der Waals surface area contributed by atoms with Crippen molar-refractivity contribution in [2.75, 3.05) is 6.54 Å². The minimum absolute atomic E-state index is 0.267. The van der Waals surface area contributed by atoms with Crippen molar-refractivity contribution in [2.24, 2.45) is 0 Å². The maximum Gasteiger partial charge on any atom is 0.120 e. The molecule has 1 aromatic rings. The number of hydrogen-bond donors (Lipinski definition) is 2. The average Bonchev–Trinajstić information content (AvgIpc) is 2.68. The Labute approximate surface area is 95.3 Å². The zero-order chi connectivity index (χ0) is 11.0. The smallest absolute Gasteiger partial charge is 0.120 e. The molecular formula is C12H16ClNO. The molecule has 2 N–H and O–H groups in total. The molecule has 2 nitrogen and oxygen atoms in total. The number of hydrogen-bond acceptors (Lipinski definition) is 2. The van der Waals surface area contributed by atoms with Crippen molar-refractivity contribution >= 4 is 11.6 Å². The van der Waals surface area contributed by atoms with E-state index in [2.05, 4.69) is 5.32 Å². The zero-order valence-corrected chi connectivity index (χ0v) is 9.86. The molecule has 1 heterocycles. The van der Waals surface area contributed by atoms with Gasteiger partial charge in [0.25, 0.3) is 0 Å². The lowest BCUT2D eigenvalue weighted by Gasteiger charge is -2.18. The van der Waals surface area contributed by atoms with E-state index >= 15 is 0 Å². The summed E-state index contributed by atoms with van der Waals surface area (Å²) in [5.41, 5.74) is 2.92. The highest BCUT2D eigenvalue weighted by Gasteiger charge is 2.23. The first-order chi connectivity index (χ1) is 7.11. The number of phenols is 1. The highest BCUT2D eigenvalue weighted by atomic mass is 35.5. The Bertz CT molecular complexity index is 384. The maximum atomic E-state index is 9.96. The van der Waals surface area contributed by atoms with Crippen LogP contribution in [0.3, 0.4) is 0 Å². The Hall–Kier alpha value is -0.730. The molecule has 1 fully saturated rings. The van der Waals surface area contributed by atoms with Crippen molar-refractivity contribution in [2.45, 2.75) is 32.7 Å². The van der Waals surface area contributed by atoms with E-state index in [-0.39, 0.29) is 6.04 Å². The monoisotopic (exact) mass is 225 g/mol. The third-order valence-corrected chi connectivity index (χ3v) is 3.70. The zero-order valence-electron chi connectivity index (χ0n) is 9.10. The van der Waals surface area contributed by atoms with Gasteiger partial charge < -0.3 is 10.4 Å². The number of aryl methyl sites for hydroxylation is 1. The fraction of sp³-hybridized carbons (Fsp3) is 0.500. The van der Waals surface area contributed by atoms with Crippen molar-refractivity contribution in [1.29, 1.82) is 0 Å². The van der Waals surface area contributed by atoms with Crippen LogP contribution in [0.1, 0.15) is 35.6 Å². The molecule has 82 valence electrons. The Morgan fingerprint density at radius 3 is 2.80 bits per heavy atom. The average molecular weight is 226 g/mol. The fourth-order valence-electron chi connectivity index (χ4n) is 2.32. The van der Waals surface area contributed by atoms with Gasteiger partial charge in [0.15, 0.2) is 0 Å². The lowest BCUT2D eigenvalue weighted by molar-refractivity contribution is 0.455. The van der Waals surface area contributed by atoms with Crippen LogP contribution in [0.5, 0.6) is 5.75 Å². The van der Waals surface area contributed by atoms with E-state index in [4.69, 9.17) is 11.6 Å². The van der Waals surface area contributed by atoms with Gasteiger partial charge in [-0.1, -0.05) is 11.6 Å². The molecule has 1 aliphatic heterocycles. The molecule has 0 amide bonds. The van der Waals surface area contributed by atoms with Crippen molar-refractivity contribution in [3.8, 4) is 5.75 Å². The van der Waals surface area contributed by atoms with Crippen molar-refractivity contribution < 1.29 is 5.11 Å². The first-order valence-corrected chi connectivity index (χ1v) is 5.71. The molecule has 1 atom stereocenters. The van der Waals surface area contributed by atoms with Crippen molar-refractivity contribution in [3.05, 3.63) is 27.8 Å². The largest absolute Gasteiger partial charge is 0.508 e. The van der Waals surface area contributed by atoms with Gasteiger partial charge in [-0.05, 0) is 50.4 Å². The van der Waals surface area contributed by atoms with Crippen LogP contribution in [-0.4, -0.2) is 11.7 Å². The molecule has 1 aliphatic rings. The first-order valence-electron chi connectivity index (χ1n) is 5.33. The van der Waals surface area contributed by atoms with Crippen LogP contribution in [0.15, 0.2) is 6.07 Å². The molecule has 0 bridgehead atoms. The van der Waals surface area contributed by atoms with Crippen LogP contribution in [0.25, 0.3) is 0 Å². The summed E-state index contributed by atoms with van der Waals surface area (Å²) in [5.74, 6) is 0.369. The highest BCUT2D eigenvalue weighted by molar-refractivity contribution is 6.32. The van der Waals surface area contributed by atoms with Crippen molar-refractivity contribution in [1.82, 2.24) is 5.32 Å². The number of rotatable bonds is 1. The molecule has 0 spiro atoms. The number of aromatic hydroxyl groups is 1. The lowest BCUT2D eigenvalue weighted by atomic mass is 9.97. The van der Waals surface area contributed by atoms with Gasteiger partial charge in [-0.2, -0.15) is 0 Å². The van der Waals surface area contributed by atoms with Gasteiger partial charge in [0.1, 0.15) is 5.75 Å². The summed E-state index contributed by atoms with van der Waals surface area (Å²) in [7, 11) is 0. The topological polar surface area (TPSA) is 32.3 Å². The predicted molar refractivity (Wildman–Crippen MR) is 62.6 cm³/mol. The summed E-state index contributed by atoms with van der Waals surface area (Å²) in [6, 6.07) is 2.02. The predicted octanol–water partition coefficient (Wildman–Crippen LogP) is 3.09. The first kappa shape index (κ1) is 10.8. The van der Waals surface area contributed by atoms with Crippen LogP contribution < -0.4 is 5.32 Å². The summed E-state index contributed by atoms with van der Waals surface area (Å²) in [6.07, 6.45) is 2.24. The molecular weight excluding hydrogens is 210 g/mol. The molecule has 0 radical (unpaired) electrons. The molecule has 1 unspecified atom stereocenters. The van der Waals surface area contributed by atoms with E-state index in [0.29, 0.717) is 5.75 Å².